The Balaban J connectivity index is 1.40. The lowest BCUT2D eigenvalue weighted by molar-refractivity contribution is 0.142. The first-order valence-electron chi connectivity index (χ1n) is 8.39. The summed E-state index contributed by atoms with van der Waals surface area (Å²) in [6, 6.07) is 16.5. The lowest BCUT2D eigenvalue weighted by Gasteiger charge is -2.14. The Morgan fingerprint density at radius 3 is 2.38 bits per heavy atom. The minimum absolute atomic E-state index is 0.0500. The summed E-state index contributed by atoms with van der Waals surface area (Å²) in [6.45, 7) is 0.488. The van der Waals surface area contributed by atoms with Crippen LogP contribution >= 0.6 is 11.3 Å². The van der Waals surface area contributed by atoms with Crippen LogP contribution in [0.3, 0.4) is 0 Å². The van der Waals surface area contributed by atoms with Crippen molar-refractivity contribution in [3.05, 3.63) is 75.7 Å². The number of fused-ring (bicyclic) bond motifs is 3. The van der Waals surface area contributed by atoms with Crippen LogP contribution < -0.4 is 5.32 Å². The van der Waals surface area contributed by atoms with Gasteiger partial charge in [0, 0.05) is 11.3 Å². The number of ether oxygens (including phenoxy) is 1. The van der Waals surface area contributed by atoms with Crippen molar-refractivity contribution in [2.45, 2.75) is 19.1 Å². The van der Waals surface area contributed by atoms with Gasteiger partial charge in [0.15, 0.2) is 0 Å². The van der Waals surface area contributed by atoms with Gasteiger partial charge in [-0.05, 0) is 22.3 Å². The molecule has 0 fully saturated rings. The molecule has 26 heavy (non-hydrogen) atoms. The molecule has 0 radical (unpaired) electrons. The van der Waals surface area contributed by atoms with Crippen molar-refractivity contribution in [2.24, 2.45) is 0 Å². The summed E-state index contributed by atoms with van der Waals surface area (Å²) in [6.07, 6.45) is -0.465. The molecule has 1 aromatic heterocycles. The second-order valence-electron chi connectivity index (χ2n) is 6.07. The van der Waals surface area contributed by atoms with Crippen LogP contribution in [0.4, 0.5) is 4.79 Å². The number of aliphatic hydroxyl groups excluding tert-OH is 1. The average Bonchev–Trinajstić information content (AvgIpc) is 3.27. The Morgan fingerprint density at radius 2 is 1.77 bits per heavy atom. The zero-order valence-corrected chi connectivity index (χ0v) is 14.8. The van der Waals surface area contributed by atoms with Crippen LogP contribution in [-0.2, 0) is 17.9 Å². The van der Waals surface area contributed by atoms with Gasteiger partial charge in [-0.1, -0.05) is 48.5 Å². The summed E-state index contributed by atoms with van der Waals surface area (Å²) >= 11 is 1.40. The number of nitrogens with one attached hydrogen (secondary N) is 1. The molecule has 5 nitrogen and oxygen atoms in total. The standard InChI is InChI=1S/C20H18N2O3S/c23-10-13-12-26-19(22-13)9-21-20(24)25-11-18-16-7-3-1-5-14(16)15-6-2-4-8-17(15)18/h1-8,12,18,23H,9-11H2,(H,21,24). The summed E-state index contributed by atoms with van der Waals surface area (Å²) in [7, 11) is 0. The summed E-state index contributed by atoms with van der Waals surface area (Å²) in [5, 5.41) is 14.3. The van der Waals surface area contributed by atoms with Gasteiger partial charge in [0.05, 0.1) is 18.8 Å². The second kappa shape index (κ2) is 7.27. The Morgan fingerprint density at radius 1 is 1.12 bits per heavy atom. The van der Waals surface area contributed by atoms with Crippen molar-refractivity contribution in [1.82, 2.24) is 10.3 Å². The number of carbonyl (C=O) groups excluding carboxylic acids is 1. The fourth-order valence-corrected chi connectivity index (χ4v) is 4.02. The van der Waals surface area contributed by atoms with Crippen molar-refractivity contribution in [3.8, 4) is 11.1 Å². The topological polar surface area (TPSA) is 71.5 Å². The van der Waals surface area contributed by atoms with Gasteiger partial charge in [0.1, 0.15) is 11.6 Å². The van der Waals surface area contributed by atoms with Crippen molar-refractivity contribution in [2.75, 3.05) is 6.61 Å². The Bertz CT molecular complexity index is 893. The van der Waals surface area contributed by atoms with Crippen LogP contribution in [0.2, 0.25) is 0 Å². The summed E-state index contributed by atoms with van der Waals surface area (Å²) in [5.74, 6) is 0.0500. The summed E-state index contributed by atoms with van der Waals surface area (Å²) in [5.41, 5.74) is 5.40. The summed E-state index contributed by atoms with van der Waals surface area (Å²) < 4.78 is 5.47. The number of hydrogen-bond donors (Lipinski definition) is 2. The van der Waals surface area contributed by atoms with E-state index < -0.39 is 6.09 Å². The average molecular weight is 366 g/mol. The van der Waals surface area contributed by atoms with Gasteiger partial charge < -0.3 is 15.2 Å². The first-order chi connectivity index (χ1) is 12.8. The molecule has 6 heteroatoms. The molecule has 0 saturated heterocycles. The molecule has 0 bridgehead atoms. The molecule has 0 unspecified atom stereocenters. The van der Waals surface area contributed by atoms with E-state index in [0.717, 1.165) is 5.01 Å². The molecule has 1 amide bonds. The molecule has 0 spiro atoms. The zero-order chi connectivity index (χ0) is 17.9. The molecule has 132 valence electrons. The Kier molecular flexibility index (Phi) is 4.69. The van der Waals surface area contributed by atoms with E-state index in [1.165, 1.54) is 33.6 Å². The third-order valence-electron chi connectivity index (χ3n) is 4.49. The van der Waals surface area contributed by atoms with E-state index in [-0.39, 0.29) is 12.5 Å². The van der Waals surface area contributed by atoms with Crippen LogP contribution in [0.5, 0.6) is 0 Å². The number of amides is 1. The maximum absolute atomic E-state index is 12.1. The van der Waals surface area contributed by atoms with Gasteiger partial charge in [-0.25, -0.2) is 9.78 Å². The van der Waals surface area contributed by atoms with E-state index in [4.69, 9.17) is 9.84 Å². The number of benzene rings is 2. The number of nitrogens with zero attached hydrogens (tertiary/aromatic N) is 1. The number of alkyl carbamates (subject to hydrolysis) is 1. The molecule has 1 aliphatic carbocycles. The quantitative estimate of drug-likeness (QED) is 0.723. The van der Waals surface area contributed by atoms with Gasteiger partial charge >= 0.3 is 6.09 Å². The van der Waals surface area contributed by atoms with Crippen molar-refractivity contribution in [3.63, 3.8) is 0 Å². The van der Waals surface area contributed by atoms with Crippen molar-refractivity contribution >= 4 is 17.4 Å². The highest BCUT2D eigenvalue weighted by Gasteiger charge is 2.28. The zero-order valence-electron chi connectivity index (χ0n) is 14.0. The van der Waals surface area contributed by atoms with Crippen molar-refractivity contribution < 1.29 is 14.6 Å². The van der Waals surface area contributed by atoms with Gasteiger partial charge in [-0.2, -0.15) is 0 Å². The molecule has 2 aromatic carbocycles. The maximum atomic E-state index is 12.1. The number of carbonyl (C=O) groups is 1. The third kappa shape index (κ3) is 3.21. The molecule has 1 heterocycles. The van der Waals surface area contributed by atoms with Crippen LogP contribution in [0.1, 0.15) is 27.7 Å². The third-order valence-corrected chi connectivity index (χ3v) is 5.39. The molecule has 3 aromatic rings. The van der Waals surface area contributed by atoms with Gasteiger partial charge in [-0.15, -0.1) is 11.3 Å². The second-order valence-corrected chi connectivity index (χ2v) is 7.01. The predicted molar refractivity (Wildman–Crippen MR) is 99.9 cm³/mol. The monoisotopic (exact) mass is 366 g/mol. The highest BCUT2D eigenvalue weighted by molar-refractivity contribution is 7.09. The van der Waals surface area contributed by atoms with Crippen molar-refractivity contribution in [1.29, 1.82) is 0 Å². The first kappa shape index (κ1) is 16.8. The van der Waals surface area contributed by atoms with E-state index in [0.29, 0.717) is 18.8 Å². The number of aliphatic hydroxyl groups is 1. The fourth-order valence-electron chi connectivity index (χ4n) is 3.30. The molecular formula is C20H18N2O3S. The number of rotatable bonds is 5. The summed E-state index contributed by atoms with van der Waals surface area (Å²) in [4.78, 5) is 16.3. The van der Waals surface area contributed by atoms with Crippen LogP contribution in [0.15, 0.2) is 53.9 Å². The largest absolute Gasteiger partial charge is 0.449 e. The number of hydrogen-bond acceptors (Lipinski definition) is 5. The number of thiazole rings is 1. The smallest absolute Gasteiger partial charge is 0.407 e. The van der Waals surface area contributed by atoms with E-state index in [9.17, 15) is 4.79 Å². The van der Waals surface area contributed by atoms with E-state index in [1.807, 2.05) is 24.3 Å². The molecule has 0 saturated carbocycles. The molecule has 0 aliphatic heterocycles. The van der Waals surface area contributed by atoms with Gasteiger partial charge in [-0.3, -0.25) is 0 Å². The minimum Gasteiger partial charge on any atom is -0.449 e. The maximum Gasteiger partial charge on any atom is 0.407 e. The van der Waals surface area contributed by atoms with Gasteiger partial charge in [0.2, 0.25) is 0 Å². The molecule has 0 atom stereocenters. The first-order valence-corrected chi connectivity index (χ1v) is 9.27. The van der Waals surface area contributed by atoms with Gasteiger partial charge in [0.25, 0.3) is 0 Å². The van der Waals surface area contributed by atoms with E-state index in [1.54, 1.807) is 5.38 Å². The lowest BCUT2D eigenvalue weighted by atomic mass is 9.98. The number of aromatic nitrogens is 1. The minimum atomic E-state index is -0.465. The van der Waals surface area contributed by atoms with Crippen LogP contribution in [0.25, 0.3) is 11.1 Å². The normalized spacial score (nSPS) is 12.5. The SMILES string of the molecule is O=C(NCc1nc(CO)cs1)OCC1c2ccccc2-c2ccccc21. The molecule has 4 rings (SSSR count). The van der Waals surface area contributed by atoms with Crippen LogP contribution in [-0.4, -0.2) is 22.8 Å². The Labute approximate surface area is 155 Å². The molecule has 1 aliphatic rings. The van der Waals surface area contributed by atoms with E-state index >= 15 is 0 Å². The molecule has 2 N–H and O–H groups in total. The van der Waals surface area contributed by atoms with E-state index in [2.05, 4.69) is 34.6 Å². The predicted octanol–water partition coefficient (Wildman–Crippen LogP) is 3.67. The molecular weight excluding hydrogens is 348 g/mol. The Hall–Kier alpha value is -2.70. The fraction of sp³-hybridized carbons (Fsp3) is 0.200. The highest BCUT2D eigenvalue weighted by Crippen LogP contribution is 2.44. The van der Waals surface area contributed by atoms with Crippen LogP contribution in [0, 0.1) is 0 Å². The highest BCUT2D eigenvalue weighted by atomic mass is 32.1. The lowest BCUT2D eigenvalue weighted by Crippen LogP contribution is -2.25.